The van der Waals surface area contributed by atoms with Crippen LogP contribution >= 0.6 is 22.7 Å². The van der Waals surface area contributed by atoms with Crippen LogP contribution in [0.25, 0.3) is 21.8 Å². The van der Waals surface area contributed by atoms with Gasteiger partial charge in [-0.05, 0) is 32.9 Å². The van der Waals surface area contributed by atoms with E-state index in [1.165, 1.54) is 28.9 Å². The number of aromatic nitrogens is 4. The number of ketones is 2. The molecule has 2 N–H and O–H groups in total. The van der Waals surface area contributed by atoms with Crippen LogP contribution in [0.2, 0.25) is 0 Å². The number of ether oxygens (including phenoxy) is 2. The first-order chi connectivity index (χ1) is 21.9. The summed E-state index contributed by atoms with van der Waals surface area (Å²) in [4.78, 5) is 71.8. The Hall–Kier alpha value is -5.47. The zero-order valence-electron chi connectivity index (χ0n) is 24.9. The Morgan fingerprint density at radius 2 is 1.41 bits per heavy atom. The number of carbonyl (C=O) groups excluding carboxylic acids is 4. The number of thiazole rings is 2. The van der Waals surface area contributed by atoms with E-state index in [-0.39, 0.29) is 27.6 Å². The molecule has 46 heavy (non-hydrogen) atoms. The Morgan fingerprint density at radius 1 is 0.826 bits per heavy atom. The van der Waals surface area contributed by atoms with Crippen molar-refractivity contribution >= 4 is 74.1 Å². The summed E-state index contributed by atoms with van der Waals surface area (Å²) in [7, 11) is 1.27. The lowest BCUT2D eigenvalue weighted by Gasteiger charge is -2.19. The van der Waals surface area contributed by atoms with E-state index >= 15 is 0 Å². The molecule has 4 heterocycles. The van der Waals surface area contributed by atoms with Gasteiger partial charge in [-0.3, -0.25) is 14.2 Å². The molecular formula is C32H26N4O8S2. The van der Waals surface area contributed by atoms with Crippen LogP contribution in [-0.2, 0) is 9.47 Å². The lowest BCUT2D eigenvalue weighted by Crippen LogP contribution is -2.26. The van der Waals surface area contributed by atoms with Gasteiger partial charge in [-0.25, -0.2) is 24.4 Å². The number of para-hydroxylation sites is 2. The normalized spacial score (nSPS) is 11.1. The Bertz CT molecular complexity index is 2130. The average molecular weight is 659 g/mol. The Kier molecular flexibility index (Phi) is 8.94. The summed E-state index contributed by atoms with van der Waals surface area (Å²) in [5, 5.41) is 10.6. The van der Waals surface area contributed by atoms with Gasteiger partial charge in [0.15, 0.2) is 11.4 Å². The fourth-order valence-electron chi connectivity index (χ4n) is 4.54. The molecule has 0 bridgehead atoms. The molecular weight excluding hydrogens is 633 g/mol. The minimum absolute atomic E-state index is 0.0181. The number of aromatic amines is 1. The molecule has 6 rings (SSSR count). The number of hydrogen-bond donors (Lipinski definition) is 2. The maximum absolute atomic E-state index is 12.9. The summed E-state index contributed by atoms with van der Waals surface area (Å²) in [6, 6.07) is 14.4. The van der Waals surface area contributed by atoms with E-state index in [9.17, 15) is 29.1 Å². The molecule has 6 aromatic rings. The molecule has 2 aromatic carbocycles. The molecule has 0 aliphatic carbocycles. The monoisotopic (exact) mass is 658 g/mol. The van der Waals surface area contributed by atoms with Crippen molar-refractivity contribution in [2.75, 3.05) is 7.11 Å². The minimum Gasteiger partial charge on any atom is -0.476 e. The van der Waals surface area contributed by atoms with Gasteiger partial charge in [0.05, 0.1) is 23.6 Å². The van der Waals surface area contributed by atoms with E-state index in [0.29, 0.717) is 21.3 Å². The van der Waals surface area contributed by atoms with Crippen LogP contribution in [-0.4, -0.2) is 66.9 Å². The number of benzene rings is 2. The van der Waals surface area contributed by atoms with Gasteiger partial charge in [0.25, 0.3) is 0 Å². The van der Waals surface area contributed by atoms with Crippen molar-refractivity contribution in [1.29, 1.82) is 0 Å². The second kappa shape index (κ2) is 12.9. The molecule has 0 fully saturated rings. The van der Waals surface area contributed by atoms with Crippen LogP contribution in [0.1, 0.15) is 72.2 Å². The Balaban J connectivity index is 0.000000187. The number of fused-ring (bicyclic) bond motifs is 2. The fourth-order valence-corrected chi connectivity index (χ4v) is 6.00. The highest BCUT2D eigenvalue weighted by molar-refractivity contribution is 7.12. The molecule has 0 unspecified atom stereocenters. The molecule has 0 aliphatic heterocycles. The zero-order chi connectivity index (χ0) is 33.2. The number of H-pyrrole nitrogens is 1. The van der Waals surface area contributed by atoms with Crippen molar-refractivity contribution in [3.05, 3.63) is 104 Å². The highest BCUT2D eigenvalue weighted by Gasteiger charge is 2.27. The van der Waals surface area contributed by atoms with Gasteiger partial charge in [0, 0.05) is 39.8 Å². The van der Waals surface area contributed by atoms with E-state index in [1.54, 1.807) is 51.2 Å². The van der Waals surface area contributed by atoms with Crippen LogP contribution in [0.3, 0.4) is 0 Å². The third-order valence-electron chi connectivity index (χ3n) is 6.51. The van der Waals surface area contributed by atoms with Crippen molar-refractivity contribution in [3.63, 3.8) is 0 Å². The van der Waals surface area contributed by atoms with Gasteiger partial charge in [-0.1, -0.05) is 36.4 Å². The van der Waals surface area contributed by atoms with Gasteiger partial charge >= 0.3 is 18.0 Å². The van der Waals surface area contributed by atoms with Crippen molar-refractivity contribution < 1.29 is 38.6 Å². The molecule has 0 amide bonds. The first-order valence-electron chi connectivity index (χ1n) is 13.6. The van der Waals surface area contributed by atoms with Crippen LogP contribution < -0.4 is 0 Å². The number of rotatable bonds is 6. The van der Waals surface area contributed by atoms with Gasteiger partial charge in [0.1, 0.15) is 15.4 Å². The van der Waals surface area contributed by atoms with Crippen LogP contribution in [0, 0.1) is 0 Å². The standard InChI is InChI=1S/C18H16N2O5S.C14H10N2O3S/c1-18(2,3)25-17(24)20-8-11(10-6-4-5-7-12(10)20)14(21)15-13(16(22)23)19-9-26-15;1-19-14(18)11-13(20-7-16-11)12(17)9-6-15-10-5-3-2-4-8(9)10/h4-9H,1-3H3,(H,22,23);2-7,15H,1H3. The highest BCUT2D eigenvalue weighted by Crippen LogP contribution is 2.28. The number of hydrogen-bond acceptors (Lipinski definition) is 11. The lowest BCUT2D eigenvalue weighted by atomic mass is 10.1. The summed E-state index contributed by atoms with van der Waals surface area (Å²) < 4.78 is 11.3. The maximum atomic E-state index is 12.9. The van der Waals surface area contributed by atoms with Gasteiger partial charge in [0.2, 0.25) is 11.6 Å². The molecule has 14 heteroatoms. The van der Waals surface area contributed by atoms with Gasteiger partial charge in [-0.15, -0.1) is 22.7 Å². The first kappa shape index (κ1) is 31.9. The average Bonchev–Trinajstić information content (AvgIpc) is 3.84. The van der Waals surface area contributed by atoms with E-state index in [2.05, 4.69) is 19.7 Å². The molecule has 234 valence electrons. The van der Waals surface area contributed by atoms with E-state index in [1.807, 2.05) is 24.3 Å². The summed E-state index contributed by atoms with van der Waals surface area (Å²) >= 11 is 2.08. The minimum atomic E-state index is -1.27. The third-order valence-corrected chi connectivity index (χ3v) is 8.16. The van der Waals surface area contributed by atoms with Crippen molar-refractivity contribution in [2.24, 2.45) is 0 Å². The second-order valence-corrected chi connectivity index (χ2v) is 12.4. The number of carbonyl (C=O) groups is 5. The third kappa shape index (κ3) is 6.34. The van der Waals surface area contributed by atoms with E-state index in [0.717, 1.165) is 33.6 Å². The van der Waals surface area contributed by atoms with E-state index < -0.39 is 29.4 Å². The van der Waals surface area contributed by atoms with Crippen molar-refractivity contribution in [1.82, 2.24) is 19.5 Å². The summed E-state index contributed by atoms with van der Waals surface area (Å²) in [5.41, 5.74) is 3.97. The quantitative estimate of drug-likeness (QED) is 0.150. The molecule has 0 atom stereocenters. The number of aromatic carboxylic acids is 1. The number of carboxylic acids is 1. The summed E-state index contributed by atoms with van der Waals surface area (Å²) in [6.07, 6.45) is 2.41. The molecule has 4 aromatic heterocycles. The fraction of sp³-hybridized carbons (Fsp3) is 0.156. The van der Waals surface area contributed by atoms with Gasteiger partial charge in [-0.2, -0.15) is 0 Å². The number of esters is 1. The first-order valence-corrected chi connectivity index (χ1v) is 15.3. The molecule has 0 spiro atoms. The maximum Gasteiger partial charge on any atom is 0.419 e. The second-order valence-electron chi connectivity index (χ2n) is 10.7. The molecule has 0 aliphatic rings. The largest absolute Gasteiger partial charge is 0.476 e. The smallest absolute Gasteiger partial charge is 0.419 e. The Labute approximate surface area is 269 Å². The SMILES string of the molecule is CC(C)(C)OC(=O)n1cc(C(=O)c2scnc2C(=O)O)c2ccccc21.COC(=O)c1ncsc1C(=O)c1c[nH]c2ccccc12. The number of methoxy groups -OCH3 is 1. The van der Waals surface area contributed by atoms with Crippen LogP contribution in [0.4, 0.5) is 4.79 Å². The summed E-state index contributed by atoms with van der Waals surface area (Å²) in [6.45, 7) is 5.25. The topological polar surface area (TPSA) is 171 Å². The molecule has 0 radical (unpaired) electrons. The Morgan fingerprint density at radius 3 is 2.07 bits per heavy atom. The van der Waals surface area contributed by atoms with Crippen molar-refractivity contribution in [2.45, 2.75) is 26.4 Å². The highest BCUT2D eigenvalue weighted by atomic mass is 32.1. The zero-order valence-corrected chi connectivity index (χ0v) is 26.5. The predicted molar refractivity (Wildman–Crippen MR) is 171 cm³/mol. The van der Waals surface area contributed by atoms with Crippen molar-refractivity contribution in [3.8, 4) is 0 Å². The van der Waals surface area contributed by atoms with Gasteiger partial charge < -0.3 is 19.6 Å². The lowest BCUT2D eigenvalue weighted by molar-refractivity contribution is 0.0542. The van der Waals surface area contributed by atoms with Crippen LogP contribution in [0.15, 0.2) is 71.9 Å². The summed E-state index contributed by atoms with van der Waals surface area (Å²) in [5.74, 6) is -2.60. The molecule has 12 nitrogen and oxygen atoms in total. The number of nitrogens with one attached hydrogen (secondary N) is 1. The molecule has 0 saturated carbocycles. The number of carboxylic acid groups (broad SMARTS) is 1. The number of nitrogens with zero attached hydrogens (tertiary/aromatic N) is 3. The molecule has 0 saturated heterocycles. The van der Waals surface area contributed by atoms with Crippen LogP contribution in [0.5, 0.6) is 0 Å². The van der Waals surface area contributed by atoms with E-state index in [4.69, 9.17) is 4.74 Å². The predicted octanol–water partition coefficient (Wildman–Crippen LogP) is 6.45.